The minimum atomic E-state index is -0.296. The molecule has 11 heteroatoms. The molecule has 0 aliphatic carbocycles. The summed E-state index contributed by atoms with van der Waals surface area (Å²) in [5, 5.41) is 13.9. The van der Waals surface area contributed by atoms with E-state index < -0.39 is 0 Å². The third-order valence-electron chi connectivity index (χ3n) is 5.42. The molecule has 0 bridgehead atoms. The quantitative estimate of drug-likeness (QED) is 0.671. The number of hydrogen-bond donors (Lipinski definition) is 0. The van der Waals surface area contributed by atoms with E-state index in [1.54, 1.807) is 11.2 Å². The van der Waals surface area contributed by atoms with Crippen molar-refractivity contribution in [1.29, 1.82) is 0 Å². The minimum Gasteiger partial charge on any atom is -0.340 e. The molecule has 29 heavy (non-hydrogen) atoms. The highest BCUT2D eigenvalue weighted by Gasteiger charge is 2.39. The normalized spacial score (nSPS) is 20.8. The van der Waals surface area contributed by atoms with E-state index >= 15 is 0 Å². The standard InChI is InChI=1S/C18H26N8O2S/c1-13(2)16-21-22-18(29-16)26-10-14(9-15(26)27)17(28)24-6-3-23(4-7-24)5-8-25-12-19-11-20-25/h11-14H,3-10H2,1-2H3. The second kappa shape index (κ2) is 8.54. The van der Waals surface area contributed by atoms with E-state index in [0.29, 0.717) is 24.8 Å². The maximum atomic E-state index is 13.0. The van der Waals surface area contributed by atoms with E-state index in [9.17, 15) is 9.59 Å². The van der Waals surface area contributed by atoms with Gasteiger partial charge in [-0.3, -0.25) is 24.1 Å². The van der Waals surface area contributed by atoms with Crippen LogP contribution in [0.5, 0.6) is 0 Å². The molecular weight excluding hydrogens is 392 g/mol. The van der Waals surface area contributed by atoms with E-state index in [-0.39, 0.29) is 30.1 Å². The summed E-state index contributed by atoms with van der Waals surface area (Å²) >= 11 is 1.44. The molecule has 1 atom stereocenters. The zero-order valence-electron chi connectivity index (χ0n) is 16.8. The molecular formula is C18H26N8O2S. The highest BCUT2D eigenvalue weighted by molar-refractivity contribution is 7.15. The number of amides is 2. The van der Waals surface area contributed by atoms with Gasteiger partial charge < -0.3 is 4.90 Å². The van der Waals surface area contributed by atoms with Crippen LogP contribution in [0.2, 0.25) is 0 Å². The Hall–Kier alpha value is -2.40. The summed E-state index contributed by atoms with van der Waals surface area (Å²) in [5.41, 5.74) is 0. The summed E-state index contributed by atoms with van der Waals surface area (Å²) in [5.74, 6) is 0.0134. The van der Waals surface area contributed by atoms with Gasteiger partial charge >= 0.3 is 0 Å². The number of piperazine rings is 1. The van der Waals surface area contributed by atoms with Crippen LogP contribution >= 0.6 is 11.3 Å². The van der Waals surface area contributed by atoms with E-state index in [2.05, 4.69) is 25.2 Å². The molecule has 4 rings (SSSR count). The van der Waals surface area contributed by atoms with Crippen LogP contribution in [0.15, 0.2) is 12.7 Å². The summed E-state index contributed by atoms with van der Waals surface area (Å²) < 4.78 is 1.81. The molecule has 2 aliphatic rings. The predicted molar refractivity (Wildman–Crippen MR) is 108 cm³/mol. The van der Waals surface area contributed by atoms with Crippen LogP contribution in [0.3, 0.4) is 0 Å². The van der Waals surface area contributed by atoms with Gasteiger partial charge in [0.05, 0.1) is 12.5 Å². The molecule has 0 radical (unpaired) electrons. The Balaban J connectivity index is 1.28. The fraction of sp³-hybridized carbons (Fsp3) is 0.667. The molecule has 2 aromatic heterocycles. The van der Waals surface area contributed by atoms with Crippen LogP contribution in [0.1, 0.15) is 31.2 Å². The van der Waals surface area contributed by atoms with E-state index in [0.717, 1.165) is 31.2 Å². The van der Waals surface area contributed by atoms with Crippen LogP contribution < -0.4 is 4.90 Å². The Bertz CT molecular complexity index is 844. The lowest BCUT2D eigenvalue weighted by atomic mass is 10.1. The Kier molecular flexibility index (Phi) is 5.86. The maximum absolute atomic E-state index is 13.0. The molecule has 2 amide bonds. The van der Waals surface area contributed by atoms with Crippen LogP contribution in [0.25, 0.3) is 0 Å². The number of aromatic nitrogens is 5. The molecule has 2 fully saturated rings. The van der Waals surface area contributed by atoms with E-state index in [1.165, 1.54) is 17.7 Å². The molecule has 2 aromatic rings. The molecule has 0 aromatic carbocycles. The van der Waals surface area contributed by atoms with Crippen molar-refractivity contribution in [2.45, 2.75) is 32.7 Å². The second-order valence-electron chi connectivity index (χ2n) is 7.81. The highest BCUT2D eigenvalue weighted by atomic mass is 32.1. The molecule has 156 valence electrons. The fourth-order valence-electron chi connectivity index (χ4n) is 3.67. The molecule has 0 saturated carbocycles. The third kappa shape index (κ3) is 4.45. The number of carbonyl (C=O) groups excluding carboxylic acids is 2. The first-order valence-electron chi connectivity index (χ1n) is 9.98. The largest absolute Gasteiger partial charge is 0.340 e. The van der Waals surface area contributed by atoms with Crippen molar-refractivity contribution in [2.75, 3.05) is 44.2 Å². The van der Waals surface area contributed by atoms with Crippen molar-refractivity contribution < 1.29 is 9.59 Å². The molecule has 1 unspecified atom stereocenters. The Morgan fingerprint density at radius 1 is 1.21 bits per heavy atom. The fourth-order valence-corrected chi connectivity index (χ4v) is 4.54. The number of nitrogens with zero attached hydrogens (tertiary/aromatic N) is 8. The van der Waals surface area contributed by atoms with Crippen molar-refractivity contribution in [1.82, 2.24) is 34.8 Å². The monoisotopic (exact) mass is 418 g/mol. The van der Waals surface area contributed by atoms with Gasteiger partial charge in [-0.05, 0) is 0 Å². The summed E-state index contributed by atoms with van der Waals surface area (Å²) in [6, 6.07) is 0. The van der Waals surface area contributed by atoms with Crippen molar-refractivity contribution >= 4 is 28.3 Å². The molecule has 2 saturated heterocycles. The summed E-state index contributed by atoms with van der Waals surface area (Å²) in [6.45, 7) is 9.22. The van der Waals surface area contributed by atoms with Gasteiger partial charge in [0.15, 0.2) is 0 Å². The van der Waals surface area contributed by atoms with Crippen molar-refractivity contribution in [3.63, 3.8) is 0 Å². The smallest absolute Gasteiger partial charge is 0.229 e. The average Bonchev–Trinajstić information content (AvgIpc) is 3.46. The van der Waals surface area contributed by atoms with Crippen molar-refractivity contribution in [2.24, 2.45) is 5.92 Å². The van der Waals surface area contributed by atoms with Gasteiger partial charge in [-0.2, -0.15) is 5.10 Å². The molecule has 0 spiro atoms. The number of anilines is 1. The van der Waals surface area contributed by atoms with Crippen LogP contribution in [-0.2, 0) is 16.1 Å². The van der Waals surface area contributed by atoms with Gasteiger partial charge in [-0.15, -0.1) is 10.2 Å². The Morgan fingerprint density at radius 2 is 2.00 bits per heavy atom. The second-order valence-corrected chi connectivity index (χ2v) is 8.80. The topological polar surface area (TPSA) is 100 Å². The molecule has 0 N–H and O–H groups in total. The number of rotatable bonds is 6. The molecule has 4 heterocycles. The first-order chi connectivity index (χ1) is 14.0. The molecule has 10 nitrogen and oxygen atoms in total. The van der Waals surface area contributed by atoms with Gasteiger partial charge in [0.25, 0.3) is 0 Å². The lowest BCUT2D eigenvalue weighted by Crippen LogP contribution is -2.51. The van der Waals surface area contributed by atoms with Crippen LogP contribution in [0.4, 0.5) is 5.13 Å². The average molecular weight is 419 g/mol. The maximum Gasteiger partial charge on any atom is 0.229 e. The zero-order chi connectivity index (χ0) is 20.4. The first kappa shape index (κ1) is 19.9. The summed E-state index contributed by atoms with van der Waals surface area (Å²) in [7, 11) is 0. The van der Waals surface area contributed by atoms with Crippen LogP contribution in [0, 0.1) is 5.92 Å². The number of carbonyl (C=O) groups is 2. The predicted octanol–water partition coefficient (Wildman–Crippen LogP) is 0.450. The lowest BCUT2D eigenvalue weighted by molar-refractivity contribution is -0.137. The third-order valence-corrected chi connectivity index (χ3v) is 6.67. The van der Waals surface area contributed by atoms with Crippen LogP contribution in [-0.4, -0.2) is 85.8 Å². The molecule has 2 aliphatic heterocycles. The van der Waals surface area contributed by atoms with Crippen molar-refractivity contribution in [3.8, 4) is 0 Å². The van der Waals surface area contributed by atoms with Gasteiger partial charge in [-0.25, -0.2) is 4.98 Å². The van der Waals surface area contributed by atoms with E-state index in [1.807, 2.05) is 23.4 Å². The van der Waals surface area contributed by atoms with E-state index in [4.69, 9.17) is 0 Å². The Morgan fingerprint density at radius 3 is 2.66 bits per heavy atom. The van der Waals surface area contributed by atoms with Crippen molar-refractivity contribution in [3.05, 3.63) is 17.7 Å². The van der Waals surface area contributed by atoms with Gasteiger partial charge in [-0.1, -0.05) is 25.2 Å². The first-order valence-corrected chi connectivity index (χ1v) is 10.8. The van der Waals surface area contributed by atoms with Gasteiger partial charge in [0, 0.05) is 51.6 Å². The Labute approximate surface area is 173 Å². The summed E-state index contributed by atoms with van der Waals surface area (Å²) in [4.78, 5) is 35.2. The minimum absolute atomic E-state index is 0.0405. The number of hydrogen-bond acceptors (Lipinski definition) is 8. The summed E-state index contributed by atoms with van der Waals surface area (Å²) in [6.07, 6.45) is 3.50. The van der Waals surface area contributed by atoms with Gasteiger partial charge in [0.1, 0.15) is 17.7 Å². The highest BCUT2D eigenvalue weighted by Crippen LogP contribution is 2.31. The zero-order valence-corrected chi connectivity index (χ0v) is 17.6. The lowest BCUT2D eigenvalue weighted by Gasteiger charge is -2.35. The SMILES string of the molecule is CC(C)c1nnc(N2CC(C(=O)N3CCN(CCn4cncn4)CC3)CC2=O)s1. The van der Waals surface area contributed by atoms with Gasteiger partial charge in [0.2, 0.25) is 16.9 Å².